The quantitative estimate of drug-likeness (QED) is 0.719. The van der Waals surface area contributed by atoms with E-state index in [2.05, 4.69) is 15.3 Å². The van der Waals surface area contributed by atoms with Gasteiger partial charge in [-0.05, 0) is 13.8 Å². The van der Waals surface area contributed by atoms with Gasteiger partial charge in [0, 0.05) is 19.3 Å². The van der Waals surface area contributed by atoms with Gasteiger partial charge < -0.3 is 14.8 Å². The minimum absolute atomic E-state index is 0.229. The lowest BCUT2D eigenvalue weighted by molar-refractivity contribution is 0.0542. The molecule has 15 heavy (non-hydrogen) atoms. The summed E-state index contributed by atoms with van der Waals surface area (Å²) in [6.07, 6.45) is 1.88. The monoisotopic (exact) mass is 211 g/mol. The first-order chi connectivity index (χ1) is 7.22. The highest BCUT2D eigenvalue weighted by Crippen LogP contribution is 2.07. The van der Waals surface area contributed by atoms with E-state index in [4.69, 9.17) is 9.47 Å². The lowest BCUT2D eigenvalue weighted by atomic mass is 10.5. The van der Waals surface area contributed by atoms with E-state index in [-0.39, 0.29) is 6.10 Å². The Hall–Kier alpha value is -1.36. The Kier molecular flexibility index (Phi) is 4.83. The largest absolute Gasteiger partial charge is 0.475 e. The fourth-order valence-electron chi connectivity index (χ4n) is 0.973. The molecule has 1 N–H and O–H groups in total. The predicted molar refractivity (Wildman–Crippen MR) is 58.2 cm³/mol. The molecule has 1 aromatic rings. The molecule has 0 unspecified atom stereocenters. The summed E-state index contributed by atoms with van der Waals surface area (Å²) < 4.78 is 10.7. The van der Waals surface area contributed by atoms with E-state index in [1.807, 2.05) is 13.8 Å². The second-order valence-electron chi connectivity index (χ2n) is 3.24. The van der Waals surface area contributed by atoms with Crippen molar-refractivity contribution in [1.29, 1.82) is 0 Å². The topological polar surface area (TPSA) is 56.3 Å². The molecule has 5 nitrogen and oxygen atoms in total. The van der Waals surface area contributed by atoms with Crippen molar-refractivity contribution in [2.75, 3.05) is 25.6 Å². The summed E-state index contributed by atoms with van der Waals surface area (Å²) in [5, 5.41) is 2.84. The Morgan fingerprint density at radius 1 is 1.40 bits per heavy atom. The Balaban J connectivity index is 2.30. The molecule has 0 spiro atoms. The SMILES string of the molecule is CNc1nccc(OCCOC(C)C)n1. The average molecular weight is 211 g/mol. The van der Waals surface area contributed by atoms with E-state index in [0.29, 0.717) is 25.0 Å². The lowest BCUT2D eigenvalue weighted by Gasteiger charge is -2.08. The van der Waals surface area contributed by atoms with Crippen molar-refractivity contribution in [3.63, 3.8) is 0 Å². The normalized spacial score (nSPS) is 10.4. The Bertz CT molecular complexity index is 292. The highest BCUT2D eigenvalue weighted by Gasteiger charge is 1.98. The van der Waals surface area contributed by atoms with Crippen LogP contribution in [0.3, 0.4) is 0 Å². The van der Waals surface area contributed by atoms with Crippen LogP contribution in [-0.4, -0.2) is 36.3 Å². The van der Waals surface area contributed by atoms with Crippen molar-refractivity contribution in [2.45, 2.75) is 20.0 Å². The second kappa shape index (κ2) is 6.19. The van der Waals surface area contributed by atoms with Crippen molar-refractivity contribution in [3.8, 4) is 5.88 Å². The third-order valence-electron chi connectivity index (χ3n) is 1.64. The highest BCUT2D eigenvalue weighted by atomic mass is 16.5. The summed E-state index contributed by atoms with van der Waals surface area (Å²) in [7, 11) is 1.76. The Morgan fingerprint density at radius 2 is 2.20 bits per heavy atom. The number of ether oxygens (including phenoxy) is 2. The minimum atomic E-state index is 0.229. The molecule has 0 saturated heterocycles. The van der Waals surface area contributed by atoms with Gasteiger partial charge in [-0.3, -0.25) is 0 Å². The summed E-state index contributed by atoms with van der Waals surface area (Å²) in [5.41, 5.74) is 0. The van der Waals surface area contributed by atoms with Gasteiger partial charge in [0.2, 0.25) is 11.8 Å². The minimum Gasteiger partial charge on any atom is -0.475 e. The fourth-order valence-corrected chi connectivity index (χ4v) is 0.973. The first-order valence-corrected chi connectivity index (χ1v) is 4.97. The van der Waals surface area contributed by atoms with Crippen LogP contribution >= 0.6 is 0 Å². The summed E-state index contributed by atoms with van der Waals surface area (Å²) in [4.78, 5) is 8.09. The Morgan fingerprint density at radius 3 is 2.87 bits per heavy atom. The maximum absolute atomic E-state index is 5.38. The van der Waals surface area contributed by atoms with Crippen LogP contribution in [0.25, 0.3) is 0 Å². The van der Waals surface area contributed by atoms with Gasteiger partial charge in [-0.1, -0.05) is 0 Å². The zero-order chi connectivity index (χ0) is 11.1. The van der Waals surface area contributed by atoms with Crippen molar-refractivity contribution in [3.05, 3.63) is 12.3 Å². The number of anilines is 1. The molecule has 0 aliphatic carbocycles. The molecule has 0 saturated carbocycles. The van der Waals surface area contributed by atoms with Crippen LogP contribution in [0.2, 0.25) is 0 Å². The van der Waals surface area contributed by atoms with E-state index in [1.165, 1.54) is 0 Å². The van der Waals surface area contributed by atoms with Gasteiger partial charge in [-0.15, -0.1) is 0 Å². The van der Waals surface area contributed by atoms with Gasteiger partial charge in [0.1, 0.15) is 6.61 Å². The van der Waals surface area contributed by atoms with Crippen LogP contribution < -0.4 is 10.1 Å². The van der Waals surface area contributed by atoms with E-state index in [1.54, 1.807) is 19.3 Å². The average Bonchev–Trinajstić information content (AvgIpc) is 2.24. The number of aromatic nitrogens is 2. The number of nitrogens with one attached hydrogen (secondary N) is 1. The maximum atomic E-state index is 5.38. The third-order valence-corrected chi connectivity index (χ3v) is 1.64. The van der Waals surface area contributed by atoms with E-state index in [9.17, 15) is 0 Å². The third kappa shape index (κ3) is 4.60. The number of hydrogen-bond donors (Lipinski definition) is 1. The van der Waals surface area contributed by atoms with Crippen LogP contribution in [0.15, 0.2) is 12.3 Å². The molecule has 1 rings (SSSR count). The van der Waals surface area contributed by atoms with Gasteiger partial charge in [0.15, 0.2) is 0 Å². The van der Waals surface area contributed by atoms with Crippen LogP contribution in [-0.2, 0) is 4.74 Å². The summed E-state index contributed by atoms with van der Waals surface area (Å²) in [6, 6.07) is 1.72. The summed E-state index contributed by atoms with van der Waals surface area (Å²) in [5.74, 6) is 1.11. The van der Waals surface area contributed by atoms with Gasteiger partial charge in [-0.2, -0.15) is 4.98 Å². The molecule has 0 aliphatic heterocycles. The maximum Gasteiger partial charge on any atom is 0.225 e. The number of hydrogen-bond acceptors (Lipinski definition) is 5. The smallest absolute Gasteiger partial charge is 0.225 e. The van der Waals surface area contributed by atoms with Crippen LogP contribution in [0.4, 0.5) is 5.95 Å². The zero-order valence-corrected chi connectivity index (χ0v) is 9.36. The molecular weight excluding hydrogens is 194 g/mol. The lowest BCUT2D eigenvalue weighted by Crippen LogP contribution is -2.12. The van der Waals surface area contributed by atoms with E-state index in [0.717, 1.165) is 0 Å². The van der Waals surface area contributed by atoms with E-state index >= 15 is 0 Å². The van der Waals surface area contributed by atoms with Crippen molar-refractivity contribution in [1.82, 2.24) is 9.97 Å². The first kappa shape index (κ1) is 11.7. The molecular formula is C10H17N3O2. The molecule has 0 atom stereocenters. The van der Waals surface area contributed by atoms with Crippen LogP contribution in [0, 0.1) is 0 Å². The van der Waals surface area contributed by atoms with Crippen molar-refractivity contribution >= 4 is 5.95 Å². The fraction of sp³-hybridized carbons (Fsp3) is 0.600. The molecule has 0 radical (unpaired) electrons. The van der Waals surface area contributed by atoms with Crippen molar-refractivity contribution < 1.29 is 9.47 Å². The van der Waals surface area contributed by atoms with Gasteiger partial charge in [0.05, 0.1) is 12.7 Å². The molecule has 5 heteroatoms. The molecule has 0 fully saturated rings. The second-order valence-corrected chi connectivity index (χ2v) is 3.24. The summed E-state index contributed by atoms with van der Waals surface area (Å²) in [6.45, 7) is 5.04. The highest BCUT2D eigenvalue weighted by molar-refractivity contribution is 5.25. The molecule has 1 aromatic heterocycles. The van der Waals surface area contributed by atoms with Crippen molar-refractivity contribution in [2.24, 2.45) is 0 Å². The van der Waals surface area contributed by atoms with Crippen LogP contribution in [0.5, 0.6) is 5.88 Å². The molecule has 0 aliphatic rings. The zero-order valence-electron chi connectivity index (χ0n) is 9.36. The molecule has 0 aromatic carbocycles. The first-order valence-electron chi connectivity index (χ1n) is 4.97. The predicted octanol–water partition coefficient (Wildman–Crippen LogP) is 1.32. The number of rotatable bonds is 6. The molecule has 0 bridgehead atoms. The van der Waals surface area contributed by atoms with E-state index < -0.39 is 0 Å². The molecule has 1 heterocycles. The van der Waals surface area contributed by atoms with Crippen LogP contribution in [0.1, 0.15) is 13.8 Å². The van der Waals surface area contributed by atoms with Gasteiger partial charge >= 0.3 is 0 Å². The van der Waals surface area contributed by atoms with Gasteiger partial charge in [0.25, 0.3) is 0 Å². The Labute approximate surface area is 89.8 Å². The standard InChI is InChI=1S/C10H17N3O2/c1-8(2)14-6-7-15-9-4-5-12-10(11-3)13-9/h4-5,8H,6-7H2,1-3H3,(H,11,12,13). The van der Waals surface area contributed by atoms with Gasteiger partial charge in [-0.25, -0.2) is 4.98 Å². The number of nitrogens with zero attached hydrogens (tertiary/aromatic N) is 2. The summed E-state index contributed by atoms with van der Waals surface area (Å²) >= 11 is 0. The molecule has 84 valence electrons. The molecule has 0 amide bonds.